The largest absolute Gasteiger partial charge is 0.207 e. The molecule has 0 fully saturated rings. The van der Waals surface area contributed by atoms with Gasteiger partial charge in [0.1, 0.15) is 5.82 Å². The van der Waals surface area contributed by atoms with E-state index in [0.29, 0.717) is 0 Å². The number of rotatable bonds is 2. The predicted octanol–water partition coefficient (Wildman–Crippen LogP) is 5.52. The quantitative estimate of drug-likeness (QED) is 0.615. The maximum atomic E-state index is 13.7. The van der Waals surface area contributed by atoms with Crippen LogP contribution in [0, 0.1) is 9.39 Å². The fourth-order valence-corrected chi connectivity index (χ4v) is 3.94. The van der Waals surface area contributed by atoms with E-state index in [2.05, 4.69) is 54.6 Å². The number of hydrogen-bond acceptors (Lipinski definition) is 0. The summed E-state index contributed by atoms with van der Waals surface area (Å²) in [5.74, 6) is -0.132. The van der Waals surface area contributed by atoms with Gasteiger partial charge in [0, 0.05) is 8.99 Å². The molecule has 3 rings (SSSR count). The summed E-state index contributed by atoms with van der Waals surface area (Å²) in [6.45, 7) is 4.40. The molecule has 2 aromatic rings. The van der Waals surface area contributed by atoms with Gasteiger partial charge < -0.3 is 0 Å². The summed E-state index contributed by atoms with van der Waals surface area (Å²) in [5.41, 5.74) is 4.99. The molecule has 0 N–H and O–H groups in total. The first-order chi connectivity index (χ1) is 9.12. The highest BCUT2D eigenvalue weighted by Crippen LogP contribution is 2.52. The highest BCUT2D eigenvalue weighted by Gasteiger charge is 2.40. The molecular weight excluding hydrogens is 350 g/mol. The number of halogens is 2. The average Bonchev–Trinajstić information content (AvgIpc) is 2.67. The maximum Gasteiger partial charge on any atom is 0.123 e. The first-order valence-corrected chi connectivity index (χ1v) is 7.80. The minimum Gasteiger partial charge on any atom is -0.207 e. The minimum absolute atomic E-state index is 0.0199. The van der Waals surface area contributed by atoms with Crippen molar-refractivity contribution in [2.45, 2.75) is 32.1 Å². The summed E-state index contributed by atoms with van der Waals surface area (Å²) < 4.78 is 14.9. The van der Waals surface area contributed by atoms with E-state index in [1.807, 2.05) is 6.07 Å². The Morgan fingerprint density at radius 1 is 0.947 bits per heavy atom. The molecule has 0 unspecified atom stereocenters. The van der Waals surface area contributed by atoms with Crippen LogP contribution >= 0.6 is 22.6 Å². The van der Waals surface area contributed by atoms with Gasteiger partial charge in [-0.25, -0.2) is 4.39 Å². The van der Waals surface area contributed by atoms with Crippen LogP contribution in [0.5, 0.6) is 0 Å². The predicted molar refractivity (Wildman–Crippen MR) is 85.9 cm³/mol. The van der Waals surface area contributed by atoms with Crippen molar-refractivity contribution in [2.75, 3.05) is 0 Å². The molecule has 0 saturated heterocycles. The lowest BCUT2D eigenvalue weighted by Crippen LogP contribution is -2.23. The normalized spacial score (nSPS) is 15.2. The Kier molecular flexibility index (Phi) is 3.16. The van der Waals surface area contributed by atoms with Crippen molar-refractivity contribution in [3.05, 3.63) is 56.9 Å². The second-order valence-corrected chi connectivity index (χ2v) is 6.41. The molecule has 0 heterocycles. The van der Waals surface area contributed by atoms with E-state index >= 15 is 0 Å². The number of hydrogen-bond donors (Lipinski definition) is 0. The van der Waals surface area contributed by atoms with Gasteiger partial charge in [0.25, 0.3) is 0 Å². The monoisotopic (exact) mass is 366 g/mol. The Labute approximate surface area is 127 Å². The summed E-state index contributed by atoms with van der Waals surface area (Å²) in [5, 5.41) is 0. The molecule has 0 amide bonds. The van der Waals surface area contributed by atoms with Gasteiger partial charge in [0.05, 0.1) is 0 Å². The molecule has 0 nitrogen and oxygen atoms in total. The van der Waals surface area contributed by atoms with Gasteiger partial charge in [0.2, 0.25) is 0 Å². The van der Waals surface area contributed by atoms with Crippen LogP contribution < -0.4 is 0 Å². The van der Waals surface area contributed by atoms with Gasteiger partial charge in [-0.1, -0.05) is 26.0 Å². The molecule has 98 valence electrons. The Balaban J connectivity index is 2.38. The first kappa shape index (κ1) is 13.1. The molecule has 19 heavy (non-hydrogen) atoms. The van der Waals surface area contributed by atoms with Crippen LogP contribution in [0.4, 0.5) is 4.39 Å². The topological polar surface area (TPSA) is 0 Å². The lowest BCUT2D eigenvalue weighted by Gasteiger charge is -2.29. The van der Waals surface area contributed by atoms with Crippen molar-refractivity contribution < 1.29 is 4.39 Å². The summed E-state index contributed by atoms with van der Waals surface area (Å²) in [7, 11) is 0. The van der Waals surface area contributed by atoms with E-state index in [1.165, 1.54) is 20.3 Å². The number of benzene rings is 2. The van der Waals surface area contributed by atoms with Gasteiger partial charge in [-0.3, -0.25) is 0 Å². The Bertz CT molecular complexity index is 588. The van der Waals surface area contributed by atoms with Crippen LogP contribution in [0.2, 0.25) is 0 Å². The summed E-state index contributed by atoms with van der Waals surface area (Å²) in [4.78, 5) is 0. The van der Waals surface area contributed by atoms with Crippen molar-refractivity contribution in [3.8, 4) is 11.1 Å². The molecule has 0 atom stereocenters. The van der Waals surface area contributed by atoms with Crippen molar-refractivity contribution >= 4 is 22.6 Å². The minimum atomic E-state index is -0.132. The molecule has 0 spiro atoms. The number of fused-ring (bicyclic) bond motifs is 3. The molecule has 2 heteroatoms. The molecule has 0 aliphatic heterocycles. The fourth-order valence-electron chi connectivity index (χ4n) is 3.45. The van der Waals surface area contributed by atoms with E-state index in [-0.39, 0.29) is 11.2 Å². The molecule has 0 aromatic heterocycles. The Hall–Kier alpha value is -0.900. The van der Waals surface area contributed by atoms with Gasteiger partial charge in [-0.2, -0.15) is 0 Å². The lowest BCUT2D eigenvalue weighted by molar-refractivity contribution is 0.486. The van der Waals surface area contributed by atoms with E-state index in [4.69, 9.17) is 0 Å². The van der Waals surface area contributed by atoms with E-state index in [9.17, 15) is 4.39 Å². The van der Waals surface area contributed by atoms with Gasteiger partial charge in [-0.15, -0.1) is 0 Å². The summed E-state index contributed by atoms with van der Waals surface area (Å²) in [6, 6.07) is 11.8. The molecule has 0 saturated carbocycles. The average molecular weight is 366 g/mol. The highest BCUT2D eigenvalue weighted by atomic mass is 127. The third-order valence-electron chi connectivity index (χ3n) is 4.49. The fraction of sp³-hybridized carbons (Fsp3) is 0.294. The molecule has 1 aliphatic carbocycles. The van der Waals surface area contributed by atoms with Crippen LogP contribution in [0.15, 0.2) is 36.4 Å². The molecule has 0 bridgehead atoms. The highest BCUT2D eigenvalue weighted by molar-refractivity contribution is 14.1. The smallest absolute Gasteiger partial charge is 0.123 e. The second-order valence-electron chi connectivity index (χ2n) is 5.17. The van der Waals surface area contributed by atoms with Gasteiger partial charge in [0.15, 0.2) is 0 Å². The van der Waals surface area contributed by atoms with Gasteiger partial charge in [-0.05, 0) is 82.0 Å². The second kappa shape index (κ2) is 4.58. The zero-order valence-corrected chi connectivity index (χ0v) is 13.3. The van der Waals surface area contributed by atoms with Crippen LogP contribution in [0.25, 0.3) is 11.1 Å². The third-order valence-corrected chi connectivity index (χ3v) is 5.16. The van der Waals surface area contributed by atoms with Gasteiger partial charge >= 0.3 is 0 Å². The molecule has 0 radical (unpaired) electrons. The SMILES string of the molecule is CCC1(CC)c2cc(F)ccc2-c2ccc(I)cc21. The van der Waals surface area contributed by atoms with E-state index in [1.54, 1.807) is 12.1 Å². The van der Waals surface area contributed by atoms with Crippen LogP contribution in [0.1, 0.15) is 37.8 Å². The van der Waals surface area contributed by atoms with Crippen LogP contribution in [-0.4, -0.2) is 0 Å². The third kappa shape index (κ3) is 1.76. The van der Waals surface area contributed by atoms with Crippen molar-refractivity contribution in [2.24, 2.45) is 0 Å². The first-order valence-electron chi connectivity index (χ1n) is 6.73. The lowest BCUT2D eigenvalue weighted by atomic mass is 9.74. The van der Waals surface area contributed by atoms with E-state index < -0.39 is 0 Å². The van der Waals surface area contributed by atoms with E-state index in [0.717, 1.165) is 18.4 Å². The van der Waals surface area contributed by atoms with Crippen molar-refractivity contribution in [1.82, 2.24) is 0 Å². The Morgan fingerprint density at radius 3 is 2.16 bits per heavy atom. The maximum absolute atomic E-state index is 13.7. The van der Waals surface area contributed by atoms with Crippen LogP contribution in [-0.2, 0) is 5.41 Å². The van der Waals surface area contributed by atoms with Crippen molar-refractivity contribution in [1.29, 1.82) is 0 Å². The summed E-state index contributed by atoms with van der Waals surface area (Å²) in [6.07, 6.45) is 2.01. The summed E-state index contributed by atoms with van der Waals surface area (Å²) >= 11 is 2.35. The zero-order chi connectivity index (χ0) is 13.6. The molecule has 2 aromatic carbocycles. The zero-order valence-electron chi connectivity index (χ0n) is 11.1. The Morgan fingerprint density at radius 2 is 1.53 bits per heavy atom. The van der Waals surface area contributed by atoms with Crippen LogP contribution in [0.3, 0.4) is 0 Å². The standard InChI is InChI=1S/C17H16FI/c1-3-17(4-2)15-9-11(18)5-7-13(15)14-8-6-12(19)10-16(14)17/h5-10H,3-4H2,1-2H3. The molecule has 1 aliphatic rings. The molecular formula is C17H16FI. The van der Waals surface area contributed by atoms with Crippen molar-refractivity contribution in [3.63, 3.8) is 0 Å².